The van der Waals surface area contributed by atoms with E-state index >= 15 is 0 Å². The Morgan fingerprint density at radius 1 is 1.53 bits per heavy atom. The molecule has 2 aliphatic rings. The summed E-state index contributed by atoms with van der Waals surface area (Å²) in [6.45, 7) is 2.98. The monoisotopic (exact) mass is 206 g/mol. The zero-order chi connectivity index (χ0) is 10.9. The average Bonchev–Trinajstić information content (AvgIpc) is 2.64. The smallest absolute Gasteiger partial charge is 0.243 e. The summed E-state index contributed by atoms with van der Waals surface area (Å²) in [5.41, 5.74) is -0.641. The van der Waals surface area contributed by atoms with Crippen LogP contribution < -0.4 is 0 Å². The lowest BCUT2D eigenvalue weighted by Crippen LogP contribution is -2.48. The molecule has 0 aromatic heterocycles. The molecular formula is C12H18N2O. The second kappa shape index (κ2) is 3.84. The summed E-state index contributed by atoms with van der Waals surface area (Å²) < 4.78 is 0. The van der Waals surface area contributed by atoms with Crippen LogP contribution >= 0.6 is 0 Å². The Balaban J connectivity index is 2.10. The first-order chi connectivity index (χ1) is 7.23. The van der Waals surface area contributed by atoms with Crippen LogP contribution in [-0.2, 0) is 4.79 Å². The number of amides is 1. The summed E-state index contributed by atoms with van der Waals surface area (Å²) >= 11 is 0. The zero-order valence-electron chi connectivity index (χ0n) is 9.33. The summed E-state index contributed by atoms with van der Waals surface area (Å²) in [5.74, 6) is 0.112. The Kier molecular flexibility index (Phi) is 2.68. The van der Waals surface area contributed by atoms with E-state index in [0.29, 0.717) is 6.04 Å². The van der Waals surface area contributed by atoms with Crippen molar-refractivity contribution in [2.45, 2.75) is 51.5 Å². The third kappa shape index (κ3) is 1.52. The Hall–Kier alpha value is -1.04. The summed E-state index contributed by atoms with van der Waals surface area (Å²) in [6, 6.07) is 2.64. The van der Waals surface area contributed by atoms with Crippen LogP contribution in [0.15, 0.2) is 0 Å². The lowest BCUT2D eigenvalue weighted by atomic mass is 9.69. The molecule has 0 aromatic carbocycles. The van der Waals surface area contributed by atoms with E-state index < -0.39 is 5.41 Å². The quantitative estimate of drug-likeness (QED) is 0.694. The van der Waals surface area contributed by atoms with Crippen molar-refractivity contribution in [1.82, 2.24) is 4.90 Å². The molecule has 15 heavy (non-hydrogen) atoms. The van der Waals surface area contributed by atoms with Gasteiger partial charge in [-0.2, -0.15) is 5.26 Å². The molecule has 0 aromatic rings. The molecule has 82 valence electrons. The molecule has 1 heterocycles. The van der Waals surface area contributed by atoms with Gasteiger partial charge in [0.1, 0.15) is 5.41 Å². The maximum atomic E-state index is 12.3. The molecule has 1 amide bonds. The van der Waals surface area contributed by atoms with Crippen molar-refractivity contribution in [1.29, 1.82) is 5.26 Å². The Morgan fingerprint density at radius 2 is 2.27 bits per heavy atom. The van der Waals surface area contributed by atoms with Crippen LogP contribution in [0.2, 0.25) is 0 Å². The van der Waals surface area contributed by atoms with Gasteiger partial charge >= 0.3 is 0 Å². The fraction of sp³-hybridized carbons (Fsp3) is 0.833. The minimum atomic E-state index is -0.641. The minimum absolute atomic E-state index is 0.112. The molecule has 1 aliphatic carbocycles. The minimum Gasteiger partial charge on any atom is -0.338 e. The third-order valence-corrected chi connectivity index (χ3v) is 3.94. The number of hydrogen-bond donors (Lipinski definition) is 0. The number of nitrogens with zero attached hydrogens (tertiary/aromatic N) is 2. The van der Waals surface area contributed by atoms with Crippen molar-refractivity contribution in [2.24, 2.45) is 5.41 Å². The van der Waals surface area contributed by atoms with Gasteiger partial charge in [-0.1, -0.05) is 6.92 Å². The molecule has 0 radical (unpaired) electrons. The van der Waals surface area contributed by atoms with Crippen LogP contribution in [0.3, 0.4) is 0 Å². The van der Waals surface area contributed by atoms with Gasteiger partial charge in [0, 0.05) is 12.6 Å². The van der Waals surface area contributed by atoms with Gasteiger partial charge in [-0.15, -0.1) is 0 Å². The van der Waals surface area contributed by atoms with E-state index in [1.165, 1.54) is 0 Å². The number of likely N-dealkylation sites (tertiary alicyclic amines) is 1. The second-order valence-electron chi connectivity index (χ2n) is 4.75. The van der Waals surface area contributed by atoms with Crippen molar-refractivity contribution in [3.05, 3.63) is 0 Å². The lowest BCUT2D eigenvalue weighted by molar-refractivity contribution is -0.143. The first kappa shape index (κ1) is 10.5. The van der Waals surface area contributed by atoms with E-state index in [0.717, 1.165) is 45.1 Å². The molecule has 1 atom stereocenters. The number of carbonyl (C=O) groups is 1. The molecule has 1 unspecified atom stereocenters. The Bertz CT molecular complexity index is 301. The first-order valence-electron chi connectivity index (χ1n) is 5.96. The standard InChI is InChI=1S/C12H18N2O/c1-2-10-5-3-8-14(10)11(15)12(9-13)6-4-7-12/h10H,2-8H2,1H3. The predicted octanol–water partition coefficient (Wildman–Crippen LogP) is 2.08. The van der Waals surface area contributed by atoms with Crippen molar-refractivity contribution in [3.63, 3.8) is 0 Å². The molecule has 3 heteroatoms. The summed E-state index contributed by atoms with van der Waals surface area (Å²) in [7, 11) is 0. The highest BCUT2D eigenvalue weighted by Crippen LogP contribution is 2.43. The van der Waals surface area contributed by atoms with Crippen molar-refractivity contribution in [3.8, 4) is 6.07 Å². The van der Waals surface area contributed by atoms with E-state index in [1.807, 2.05) is 4.90 Å². The highest BCUT2D eigenvalue weighted by atomic mass is 16.2. The normalized spacial score (nSPS) is 28.3. The largest absolute Gasteiger partial charge is 0.338 e. The second-order valence-corrected chi connectivity index (χ2v) is 4.75. The molecule has 0 spiro atoms. The maximum Gasteiger partial charge on any atom is 0.243 e. The highest BCUT2D eigenvalue weighted by Gasteiger charge is 2.48. The van der Waals surface area contributed by atoms with Crippen molar-refractivity contribution >= 4 is 5.91 Å². The van der Waals surface area contributed by atoms with E-state index in [9.17, 15) is 4.79 Å². The molecule has 1 aliphatic heterocycles. The average molecular weight is 206 g/mol. The SMILES string of the molecule is CCC1CCCN1C(=O)C1(C#N)CCC1. The fourth-order valence-electron chi connectivity index (χ4n) is 2.71. The molecule has 1 saturated carbocycles. The summed E-state index contributed by atoms with van der Waals surface area (Å²) in [6.07, 6.45) is 5.82. The van der Waals surface area contributed by atoms with Crippen LogP contribution in [0.25, 0.3) is 0 Å². The van der Waals surface area contributed by atoms with Crippen LogP contribution in [0.5, 0.6) is 0 Å². The first-order valence-corrected chi connectivity index (χ1v) is 5.96. The van der Waals surface area contributed by atoms with Crippen LogP contribution in [0.4, 0.5) is 0 Å². The molecule has 2 rings (SSSR count). The maximum absolute atomic E-state index is 12.3. The predicted molar refractivity (Wildman–Crippen MR) is 56.9 cm³/mol. The van der Waals surface area contributed by atoms with Gasteiger partial charge < -0.3 is 4.90 Å². The van der Waals surface area contributed by atoms with E-state index in [4.69, 9.17) is 5.26 Å². The third-order valence-electron chi connectivity index (χ3n) is 3.94. The Labute approximate surface area is 91.1 Å². The van der Waals surface area contributed by atoms with Gasteiger partial charge in [-0.25, -0.2) is 0 Å². The van der Waals surface area contributed by atoms with Crippen molar-refractivity contribution < 1.29 is 4.79 Å². The van der Waals surface area contributed by atoms with Crippen LogP contribution in [-0.4, -0.2) is 23.4 Å². The van der Waals surface area contributed by atoms with E-state index in [1.54, 1.807) is 0 Å². The molecule has 2 fully saturated rings. The number of hydrogen-bond acceptors (Lipinski definition) is 2. The molecule has 1 saturated heterocycles. The van der Waals surface area contributed by atoms with Gasteiger partial charge in [0.25, 0.3) is 0 Å². The lowest BCUT2D eigenvalue weighted by Gasteiger charge is -2.38. The Morgan fingerprint density at radius 3 is 2.73 bits per heavy atom. The molecule has 3 nitrogen and oxygen atoms in total. The topological polar surface area (TPSA) is 44.1 Å². The van der Waals surface area contributed by atoms with Gasteiger partial charge in [0.2, 0.25) is 5.91 Å². The number of rotatable bonds is 2. The van der Waals surface area contributed by atoms with Gasteiger partial charge in [0.15, 0.2) is 0 Å². The van der Waals surface area contributed by atoms with Crippen LogP contribution in [0, 0.1) is 16.7 Å². The summed E-state index contributed by atoms with van der Waals surface area (Å²) in [5, 5.41) is 9.13. The molecule has 0 bridgehead atoms. The molecular weight excluding hydrogens is 188 g/mol. The number of carbonyl (C=O) groups excluding carboxylic acids is 1. The molecule has 0 N–H and O–H groups in total. The van der Waals surface area contributed by atoms with Gasteiger partial charge in [0.05, 0.1) is 6.07 Å². The van der Waals surface area contributed by atoms with Gasteiger partial charge in [-0.05, 0) is 38.5 Å². The van der Waals surface area contributed by atoms with Gasteiger partial charge in [-0.3, -0.25) is 4.79 Å². The van der Waals surface area contributed by atoms with E-state index in [-0.39, 0.29) is 5.91 Å². The van der Waals surface area contributed by atoms with E-state index in [2.05, 4.69) is 13.0 Å². The highest BCUT2D eigenvalue weighted by molar-refractivity contribution is 5.86. The van der Waals surface area contributed by atoms with Crippen molar-refractivity contribution in [2.75, 3.05) is 6.54 Å². The number of nitriles is 1. The van der Waals surface area contributed by atoms with Crippen LogP contribution in [0.1, 0.15) is 45.4 Å². The summed E-state index contributed by atoms with van der Waals surface area (Å²) in [4.78, 5) is 14.2. The fourth-order valence-corrected chi connectivity index (χ4v) is 2.71. The zero-order valence-corrected chi connectivity index (χ0v) is 9.33.